The van der Waals surface area contributed by atoms with Crippen LogP contribution < -0.4 is 0 Å². The molecule has 3 heterocycles. The highest BCUT2D eigenvalue weighted by atomic mass is 32.2. The average molecular weight is 391 g/mol. The lowest BCUT2D eigenvalue weighted by Gasteiger charge is -2.42. The number of hydrogen-bond acceptors (Lipinski definition) is 7. The van der Waals surface area contributed by atoms with Crippen molar-refractivity contribution in [3.05, 3.63) is 24.5 Å². The molecule has 0 saturated carbocycles. The number of pyridine rings is 1. The normalized spacial score (nSPS) is 27.2. The van der Waals surface area contributed by atoms with Crippen molar-refractivity contribution in [3.63, 3.8) is 0 Å². The second kappa shape index (κ2) is 6.89. The molecule has 1 unspecified atom stereocenters. The van der Waals surface area contributed by atoms with Gasteiger partial charge in [0, 0.05) is 25.5 Å². The summed E-state index contributed by atoms with van der Waals surface area (Å²) in [6, 6.07) is 3.03. The third-order valence-electron chi connectivity index (χ3n) is 4.20. The number of ether oxygens (including phenoxy) is 2. The van der Waals surface area contributed by atoms with E-state index in [0.717, 1.165) is 6.26 Å². The van der Waals surface area contributed by atoms with Gasteiger partial charge in [-0.25, -0.2) is 16.8 Å². The van der Waals surface area contributed by atoms with Gasteiger partial charge < -0.3 is 9.47 Å². The fourth-order valence-corrected chi connectivity index (χ4v) is 5.26. The van der Waals surface area contributed by atoms with E-state index >= 15 is 0 Å². The number of hydrogen-bond donors (Lipinski definition) is 0. The van der Waals surface area contributed by atoms with Crippen molar-refractivity contribution >= 4 is 20.0 Å². The number of sulfonamides is 2. The van der Waals surface area contributed by atoms with Gasteiger partial charge in [-0.3, -0.25) is 4.98 Å². The van der Waals surface area contributed by atoms with Crippen molar-refractivity contribution in [3.8, 4) is 0 Å². The van der Waals surface area contributed by atoms with Crippen molar-refractivity contribution in [2.45, 2.75) is 17.1 Å². The first-order valence-corrected chi connectivity index (χ1v) is 11.2. The zero-order valence-corrected chi connectivity index (χ0v) is 15.5. The Kier molecular flexibility index (Phi) is 5.15. The quantitative estimate of drug-likeness (QED) is 0.682. The van der Waals surface area contributed by atoms with Crippen LogP contribution in [0.25, 0.3) is 0 Å². The molecule has 11 heteroatoms. The summed E-state index contributed by atoms with van der Waals surface area (Å²) in [4.78, 5) is 3.94. The second-order valence-corrected chi connectivity index (χ2v) is 10.0. The van der Waals surface area contributed by atoms with Crippen LogP contribution in [0.1, 0.15) is 6.42 Å². The number of rotatable bonds is 3. The largest absolute Gasteiger partial charge is 0.347 e. The van der Waals surface area contributed by atoms with Crippen LogP contribution in [0.15, 0.2) is 29.4 Å². The SMILES string of the molecule is CS(=O)(=O)N1CCCOC2(C1)CN(S(=O)(=O)c1cccnc1)CCO2. The molecule has 2 saturated heterocycles. The van der Waals surface area contributed by atoms with Gasteiger partial charge in [0.15, 0.2) is 5.79 Å². The first-order chi connectivity index (χ1) is 11.7. The van der Waals surface area contributed by atoms with Gasteiger partial charge in [0.1, 0.15) is 4.90 Å². The van der Waals surface area contributed by atoms with Crippen molar-refractivity contribution in [2.75, 3.05) is 45.6 Å². The maximum atomic E-state index is 12.8. The van der Waals surface area contributed by atoms with Gasteiger partial charge in [-0.15, -0.1) is 0 Å². The molecular formula is C14H21N3O6S2. The van der Waals surface area contributed by atoms with Crippen LogP contribution in [0.3, 0.4) is 0 Å². The standard InChI is InChI=1S/C14H21N3O6S2/c1-24(18,19)16-6-3-8-22-14(11-16)12-17(7-9-23-14)25(20,21)13-4-2-5-15-10-13/h2,4-5,10H,3,6-9,11-12H2,1H3. The first kappa shape index (κ1) is 18.7. The molecule has 3 rings (SSSR count). The van der Waals surface area contributed by atoms with E-state index in [1.807, 2.05) is 0 Å². The third kappa shape index (κ3) is 4.01. The summed E-state index contributed by atoms with van der Waals surface area (Å²) in [7, 11) is -7.19. The van der Waals surface area contributed by atoms with Crippen molar-refractivity contribution in [2.24, 2.45) is 0 Å². The molecular weight excluding hydrogens is 370 g/mol. The molecule has 0 amide bonds. The molecule has 0 aromatic carbocycles. The van der Waals surface area contributed by atoms with Gasteiger partial charge in [-0.05, 0) is 18.6 Å². The minimum atomic E-state index is -3.76. The number of aromatic nitrogens is 1. The lowest BCUT2D eigenvalue weighted by molar-refractivity contribution is -0.254. The fourth-order valence-electron chi connectivity index (χ4n) is 2.94. The van der Waals surface area contributed by atoms with E-state index in [2.05, 4.69) is 4.98 Å². The predicted octanol–water partition coefficient (Wildman–Crippen LogP) is -0.519. The average Bonchev–Trinajstić information content (AvgIpc) is 2.78. The van der Waals surface area contributed by atoms with Crippen LogP contribution in [-0.4, -0.2) is 81.9 Å². The molecule has 0 bridgehead atoms. The monoisotopic (exact) mass is 391 g/mol. The van der Waals surface area contributed by atoms with Crippen LogP contribution in [0, 0.1) is 0 Å². The molecule has 2 aliphatic rings. The Bertz CT molecular complexity index is 814. The molecule has 140 valence electrons. The molecule has 0 N–H and O–H groups in total. The number of nitrogens with zero attached hydrogens (tertiary/aromatic N) is 3. The molecule has 0 aliphatic carbocycles. The molecule has 25 heavy (non-hydrogen) atoms. The topological polar surface area (TPSA) is 106 Å². The molecule has 1 atom stereocenters. The van der Waals surface area contributed by atoms with E-state index in [4.69, 9.17) is 9.47 Å². The fraction of sp³-hybridized carbons (Fsp3) is 0.643. The molecule has 1 spiro atoms. The van der Waals surface area contributed by atoms with Crippen LogP contribution >= 0.6 is 0 Å². The molecule has 2 aliphatic heterocycles. The summed E-state index contributed by atoms with van der Waals surface area (Å²) in [5, 5.41) is 0. The highest BCUT2D eigenvalue weighted by Crippen LogP contribution is 2.28. The third-order valence-corrected chi connectivity index (χ3v) is 7.28. The van der Waals surface area contributed by atoms with E-state index in [1.54, 1.807) is 6.07 Å². The Labute approximate surface area is 147 Å². The Morgan fingerprint density at radius 3 is 2.48 bits per heavy atom. The van der Waals surface area contributed by atoms with Gasteiger partial charge in [0.2, 0.25) is 20.0 Å². The van der Waals surface area contributed by atoms with Crippen molar-refractivity contribution in [1.82, 2.24) is 13.6 Å². The predicted molar refractivity (Wildman–Crippen MR) is 88.7 cm³/mol. The molecule has 0 radical (unpaired) electrons. The molecule has 1 aromatic rings. The Hall–Kier alpha value is -1.11. The minimum Gasteiger partial charge on any atom is -0.347 e. The van der Waals surface area contributed by atoms with Crippen LogP contribution in [0.5, 0.6) is 0 Å². The molecule has 2 fully saturated rings. The summed E-state index contributed by atoms with van der Waals surface area (Å²) >= 11 is 0. The Morgan fingerprint density at radius 1 is 1.08 bits per heavy atom. The van der Waals surface area contributed by atoms with Gasteiger partial charge in [-0.2, -0.15) is 8.61 Å². The van der Waals surface area contributed by atoms with Crippen molar-refractivity contribution < 1.29 is 26.3 Å². The van der Waals surface area contributed by atoms with E-state index in [-0.39, 0.29) is 31.1 Å². The summed E-state index contributed by atoms with van der Waals surface area (Å²) in [6.45, 7) is 0.797. The smallest absolute Gasteiger partial charge is 0.244 e. The van der Waals surface area contributed by atoms with Gasteiger partial charge >= 0.3 is 0 Å². The highest BCUT2D eigenvalue weighted by Gasteiger charge is 2.45. The summed E-state index contributed by atoms with van der Waals surface area (Å²) in [6.07, 6.45) is 4.43. The van der Waals surface area contributed by atoms with Crippen molar-refractivity contribution in [1.29, 1.82) is 0 Å². The zero-order chi connectivity index (χ0) is 18.1. The maximum Gasteiger partial charge on any atom is 0.244 e. The van der Waals surface area contributed by atoms with Gasteiger partial charge in [0.05, 0.1) is 32.6 Å². The Balaban J connectivity index is 1.87. The summed E-state index contributed by atoms with van der Waals surface area (Å²) in [5.74, 6) is -1.30. The molecule has 1 aromatic heterocycles. The maximum absolute atomic E-state index is 12.8. The second-order valence-electron chi connectivity index (χ2n) is 6.09. The Morgan fingerprint density at radius 2 is 1.80 bits per heavy atom. The van der Waals surface area contributed by atoms with E-state index in [9.17, 15) is 16.8 Å². The van der Waals surface area contributed by atoms with Crippen LogP contribution in [0.4, 0.5) is 0 Å². The van der Waals surface area contributed by atoms with Gasteiger partial charge in [0.25, 0.3) is 0 Å². The van der Waals surface area contributed by atoms with Crippen LogP contribution in [0.2, 0.25) is 0 Å². The summed E-state index contributed by atoms with van der Waals surface area (Å²) in [5.41, 5.74) is 0. The first-order valence-electron chi connectivity index (χ1n) is 7.86. The van der Waals surface area contributed by atoms with Gasteiger partial charge in [-0.1, -0.05) is 0 Å². The summed E-state index contributed by atoms with van der Waals surface area (Å²) < 4.78 is 63.6. The molecule has 9 nitrogen and oxygen atoms in total. The van der Waals surface area contributed by atoms with E-state index in [1.165, 1.54) is 27.1 Å². The number of morpholine rings is 1. The van der Waals surface area contributed by atoms with E-state index in [0.29, 0.717) is 19.6 Å². The zero-order valence-electron chi connectivity index (χ0n) is 13.9. The van der Waals surface area contributed by atoms with Crippen LogP contribution in [-0.2, 0) is 29.5 Å². The minimum absolute atomic E-state index is 0.0368. The van der Waals surface area contributed by atoms with E-state index < -0.39 is 25.8 Å². The lowest BCUT2D eigenvalue weighted by atomic mass is 10.2. The highest BCUT2D eigenvalue weighted by molar-refractivity contribution is 7.89. The lowest BCUT2D eigenvalue weighted by Crippen LogP contribution is -2.59.